The molecule has 98 valence electrons. The molecule has 0 aliphatic heterocycles. The van der Waals surface area contributed by atoms with Gasteiger partial charge >= 0.3 is 5.97 Å². The summed E-state index contributed by atoms with van der Waals surface area (Å²) in [4.78, 5) is 21.9. The SMILES string of the molecule is COC1(CC(=O)NCCCCC(=O)O)CCC1. The van der Waals surface area contributed by atoms with Crippen LogP contribution >= 0.6 is 0 Å². The summed E-state index contributed by atoms with van der Waals surface area (Å²) in [6, 6.07) is 0. The van der Waals surface area contributed by atoms with Crippen molar-refractivity contribution in [1.82, 2.24) is 5.32 Å². The lowest BCUT2D eigenvalue weighted by molar-refractivity contribution is -0.137. The Morgan fingerprint density at radius 1 is 1.35 bits per heavy atom. The monoisotopic (exact) mass is 243 g/mol. The summed E-state index contributed by atoms with van der Waals surface area (Å²) in [6.45, 7) is 0.548. The molecule has 1 amide bonds. The minimum absolute atomic E-state index is 0.00174. The van der Waals surface area contributed by atoms with Gasteiger partial charge in [0, 0.05) is 20.1 Å². The highest BCUT2D eigenvalue weighted by atomic mass is 16.5. The maximum atomic E-state index is 11.6. The first-order chi connectivity index (χ1) is 8.08. The van der Waals surface area contributed by atoms with Gasteiger partial charge in [0.1, 0.15) is 0 Å². The zero-order valence-electron chi connectivity index (χ0n) is 10.3. The maximum Gasteiger partial charge on any atom is 0.303 e. The molecule has 0 saturated heterocycles. The van der Waals surface area contributed by atoms with E-state index in [1.165, 1.54) is 0 Å². The Kier molecular flexibility index (Phi) is 5.41. The van der Waals surface area contributed by atoms with Crippen LogP contribution in [-0.2, 0) is 14.3 Å². The normalized spacial score (nSPS) is 17.2. The van der Waals surface area contributed by atoms with Crippen LogP contribution < -0.4 is 5.32 Å². The zero-order chi connectivity index (χ0) is 12.7. The Labute approximate surface area is 102 Å². The molecule has 1 saturated carbocycles. The number of hydrogen-bond donors (Lipinski definition) is 2. The van der Waals surface area contributed by atoms with Crippen molar-refractivity contribution in [2.45, 2.75) is 50.5 Å². The van der Waals surface area contributed by atoms with Crippen LogP contribution in [0.5, 0.6) is 0 Å². The number of methoxy groups -OCH3 is 1. The predicted octanol–water partition coefficient (Wildman–Crippen LogP) is 1.32. The van der Waals surface area contributed by atoms with Crippen molar-refractivity contribution in [3.8, 4) is 0 Å². The van der Waals surface area contributed by atoms with Crippen molar-refractivity contribution in [2.24, 2.45) is 0 Å². The molecule has 0 heterocycles. The van der Waals surface area contributed by atoms with E-state index in [-0.39, 0.29) is 17.9 Å². The fraction of sp³-hybridized carbons (Fsp3) is 0.833. The largest absolute Gasteiger partial charge is 0.481 e. The van der Waals surface area contributed by atoms with Crippen molar-refractivity contribution >= 4 is 11.9 Å². The van der Waals surface area contributed by atoms with Gasteiger partial charge in [-0.1, -0.05) is 0 Å². The van der Waals surface area contributed by atoms with Gasteiger partial charge in [0.05, 0.1) is 12.0 Å². The lowest BCUT2D eigenvalue weighted by Crippen LogP contribution is -2.44. The van der Waals surface area contributed by atoms with Gasteiger partial charge < -0.3 is 15.2 Å². The summed E-state index contributed by atoms with van der Waals surface area (Å²) in [5.41, 5.74) is -0.231. The molecular weight excluding hydrogens is 222 g/mol. The Morgan fingerprint density at radius 3 is 2.53 bits per heavy atom. The molecule has 0 bridgehead atoms. The van der Waals surface area contributed by atoms with Crippen molar-refractivity contribution in [3.63, 3.8) is 0 Å². The number of carbonyl (C=O) groups excluding carboxylic acids is 1. The summed E-state index contributed by atoms with van der Waals surface area (Å²) < 4.78 is 5.36. The van der Waals surface area contributed by atoms with Crippen LogP contribution in [0.25, 0.3) is 0 Å². The van der Waals surface area contributed by atoms with E-state index in [2.05, 4.69) is 5.32 Å². The van der Waals surface area contributed by atoms with Gasteiger partial charge in [-0.3, -0.25) is 9.59 Å². The van der Waals surface area contributed by atoms with E-state index in [1.807, 2.05) is 0 Å². The molecule has 1 aliphatic carbocycles. The molecule has 1 aliphatic rings. The summed E-state index contributed by atoms with van der Waals surface area (Å²) in [5, 5.41) is 11.2. The highest BCUT2D eigenvalue weighted by Crippen LogP contribution is 2.37. The fourth-order valence-electron chi connectivity index (χ4n) is 2.01. The summed E-state index contributed by atoms with van der Waals surface area (Å²) in [6.07, 6.45) is 4.93. The number of amides is 1. The highest BCUT2D eigenvalue weighted by Gasteiger charge is 2.38. The summed E-state index contributed by atoms with van der Waals surface area (Å²) in [7, 11) is 1.65. The first-order valence-corrected chi connectivity index (χ1v) is 6.12. The minimum Gasteiger partial charge on any atom is -0.481 e. The molecule has 17 heavy (non-hydrogen) atoms. The molecule has 0 aromatic carbocycles. The Bertz CT molecular complexity index is 268. The van der Waals surface area contributed by atoms with E-state index in [9.17, 15) is 9.59 Å². The quantitative estimate of drug-likeness (QED) is 0.630. The number of unbranched alkanes of at least 4 members (excludes halogenated alkanes) is 1. The second kappa shape index (κ2) is 6.59. The average Bonchev–Trinajstić information content (AvgIpc) is 2.22. The topological polar surface area (TPSA) is 75.6 Å². The Balaban J connectivity index is 2.07. The third-order valence-electron chi connectivity index (χ3n) is 3.32. The van der Waals surface area contributed by atoms with Crippen molar-refractivity contribution in [2.75, 3.05) is 13.7 Å². The highest BCUT2D eigenvalue weighted by molar-refractivity contribution is 5.77. The summed E-state index contributed by atoms with van der Waals surface area (Å²) in [5.74, 6) is -0.786. The number of carbonyl (C=O) groups is 2. The molecule has 0 radical (unpaired) electrons. The minimum atomic E-state index is -0.788. The van der Waals surface area contributed by atoms with E-state index < -0.39 is 5.97 Å². The van der Waals surface area contributed by atoms with E-state index in [0.717, 1.165) is 19.3 Å². The van der Waals surface area contributed by atoms with E-state index in [4.69, 9.17) is 9.84 Å². The average molecular weight is 243 g/mol. The van der Waals surface area contributed by atoms with Gasteiger partial charge in [-0.2, -0.15) is 0 Å². The van der Waals surface area contributed by atoms with Crippen LogP contribution in [0, 0.1) is 0 Å². The molecule has 0 spiro atoms. The number of aliphatic carboxylic acids is 1. The zero-order valence-corrected chi connectivity index (χ0v) is 10.3. The van der Waals surface area contributed by atoms with Gasteiger partial charge in [0.25, 0.3) is 0 Å². The van der Waals surface area contributed by atoms with Crippen molar-refractivity contribution in [1.29, 1.82) is 0 Å². The molecule has 0 aromatic rings. The molecule has 0 aromatic heterocycles. The van der Waals surface area contributed by atoms with Crippen LogP contribution in [0.3, 0.4) is 0 Å². The van der Waals surface area contributed by atoms with Crippen LogP contribution in [0.1, 0.15) is 44.9 Å². The Hall–Kier alpha value is -1.10. The van der Waals surface area contributed by atoms with E-state index in [1.54, 1.807) is 7.11 Å². The van der Waals surface area contributed by atoms with Crippen molar-refractivity contribution in [3.05, 3.63) is 0 Å². The van der Waals surface area contributed by atoms with Gasteiger partial charge in [-0.15, -0.1) is 0 Å². The lowest BCUT2D eigenvalue weighted by Gasteiger charge is -2.39. The molecule has 2 N–H and O–H groups in total. The number of ether oxygens (including phenoxy) is 1. The molecule has 5 heteroatoms. The van der Waals surface area contributed by atoms with Crippen LogP contribution in [0.4, 0.5) is 0 Å². The number of carboxylic acids is 1. The van der Waals surface area contributed by atoms with E-state index >= 15 is 0 Å². The third kappa shape index (κ3) is 4.73. The predicted molar refractivity (Wildman–Crippen MR) is 62.7 cm³/mol. The number of carboxylic acid groups (broad SMARTS) is 1. The second-order valence-electron chi connectivity index (χ2n) is 4.62. The van der Waals surface area contributed by atoms with Crippen LogP contribution in [0.2, 0.25) is 0 Å². The fourth-order valence-corrected chi connectivity index (χ4v) is 2.01. The van der Waals surface area contributed by atoms with Crippen LogP contribution in [-0.4, -0.2) is 36.2 Å². The maximum absolute atomic E-state index is 11.6. The van der Waals surface area contributed by atoms with Crippen LogP contribution in [0.15, 0.2) is 0 Å². The molecule has 0 unspecified atom stereocenters. The molecule has 5 nitrogen and oxygen atoms in total. The van der Waals surface area contributed by atoms with E-state index in [0.29, 0.717) is 25.8 Å². The van der Waals surface area contributed by atoms with Crippen molar-refractivity contribution < 1.29 is 19.4 Å². The lowest BCUT2D eigenvalue weighted by atomic mass is 9.77. The first-order valence-electron chi connectivity index (χ1n) is 6.12. The molecule has 1 rings (SSSR count). The second-order valence-corrected chi connectivity index (χ2v) is 4.62. The summed E-state index contributed by atoms with van der Waals surface area (Å²) >= 11 is 0. The number of hydrogen-bond acceptors (Lipinski definition) is 3. The first kappa shape index (κ1) is 14.0. The van der Waals surface area contributed by atoms with Gasteiger partial charge in [0.2, 0.25) is 5.91 Å². The number of nitrogens with one attached hydrogen (secondary N) is 1. The Morgan fingerprint density at radius 2 is 2.06 bits per heavy atom. The molecular formula is C12H21NO4. The standard InChI is InChI=1S/C12H21NO4/c1-17-12(6-4-7-12)9-10(14)13-8-3-2-5-11(15)16/h2-9H2,1H3,(H,13,14)(H,15,16). The third-order valence-corrected chi connectivity index (χ3v) is 3.32. The van der Waals surface area contributed by atoms with Gasteiger partial charge in [0.15, 0.2) is 0 Å². The van der Waals surface area contributed by atoms with Gasteiger partial charge in [-0.05, 0) is 32.1 Å². The molecule has 1 fully saturated rings. The number of rotatable bonds is 8. The van der Waals surface area contributed by atoms with Gasteiger partial charge in [-0.25, -0.2) is 0 Å². The molecule has 0 atom stereocenters. The smallest absolute Gasteiger partial charge is 0.303 e.